The van der Waals surface area contributed by atoms with E-state index in [-0.39, 0.29) is 35.1 Å². The summed E-state index contributed by atoms with van der Waals surface area (Å²) in [6.07, 6.45) is 1.58. The summed E-state index contributed by atoms with van der Waals surface area (Å²) in [5.74, 6) is -1.08. The molecule has 1 aromatic heterocycles. The molecular weight excluding hydrogens is 629 g/mol. The highest BCUT2D eigenvalue weighted by Crippen LogP contribution is 2.38. The Morgan fingerprint density at radius 2 is 1.92 bits per heavy atom. The molecule has 2 heterocycles. The van der Waals surface area contributed by atoms with Crippen LogP contribution in [0.1, 0.15) is 37.8 Å². The van der Waals surface area contributed by atoms with Crippen molar-refractivity contribution in [1.29, 1.82) is 0 Å². The average molecular weight is 649 g/mol. The first kappa shape index (κ1) is 27.3. The van der Waals surface area contributed by atoms with Gasteiger partial charge in [-0.05, 0) is 88.0 Å². The van der Waals surface area contributed by atoms with Crippen LogP contribution in [0.15, 0.2) is 57.9 Å². The van der Waals surface area contributed by atoms with Gasteiger partial charge < -0.3 is 23.7 Å². The van der Waals surface area contributed by atoms with E-state index < -0.39 is 23.1 Å². The predicted octanol–water partition coefficient (Wildman–Crippen LogP) is 5.19. The summed E-state index contributed by atoms with van der Waals surface area (Å²) >= 11 is 2.86. The van der Waals surface area contributed by atoms with Crippen LogP contribution in [0.25, 0.3) is 6.08 Å². The van der Waals surface area contributed by atoms with Crippen molar-refractivity contribution in [1.82, 2.24) is 4.90 Å². The second-order valence-electron chi connectivity index (χ2n) is 7.85. The van der Waals surface area contributed by atoms with Gasteiger partial charge in [-0.2, -0.15) is 0 Å². The molecule has 0 radical (unpaired) electrons. The Morgan fingerprint density at radius 3 is 2.63 bits per heavy atom. The minimum Gasteiger partial charge on any atom is -0.493 e. The number of thioether (sulfide) groups is 1. The number of carboxylic acid groups (broad SMARTS) is 1. The molecule has 1 aliphatic rings. The van der Waals surface area contributed by atoms with E-state index in [1.807, 2.05) is 0 Å². The van der Waals surface area contributed by atoms with Crippen LogP contribution in [0.3, 0.4) is 0 Å². The third kappa shape index (κ3) is 6.02. The zero-order valence-corrected chi connectivity index (χ0v) is 23.0. The number of hydrogen-bond donors (Lipinski definition) is 1. The van der Waals surface area contributed by atoms with Crippen molar-refractivity contribution in [2.24, 2.45) is 0 Å². The van der Waals surface area contributed by atoms with Gasteiger partial charge in [0, 0.05) is 0 Å². The molecule has 12 heteroatoms. The van der Waals surface area contributed by atoms with E-state index in [2.05, 4.69) is 27.3 Å². The molecular formula is C26H20INO9S. The molecule has 2 amide bonds. The van der Waals surface area contributed by atoms with Gasteiger partial charge in [-0.15, -0.1) is 0 Å². The molecule has 10 nitrogen and oxygen atoms in total. The summed E-state index contributed by atoms with van der Waals surface area (Å²) in [6, 6.07) is 12.8. The van der Waals surface area contributed by atoms with E-state index in [1.54, 1.807) is 30.3 Å². The number of furan rings is 1. The number of ether oxygens (including phenoxy) is 3. The molecule has 196 valence electrons. The van der Waals surface area contributed by atoms with Crippen molar-refractivity contribution >= 4 is 63.5 Å². The maximum atomic E-state index is 12.9. The summed E-state index contributed by atoms with van der Waals surface area (Å²) < 4.78 is 22.1. The van der Waals surface area contributed by atoms with Gasteiger partial charge in [0.1, 0.15) is 12.4 Å². The van der Waals surface area contributed by atoms with E-state index in [1.165, 1.54) is 38.5 Å². The number of carbonyl (C=O) groups excluding carboxylic acids is 3. The summed E-state index contributed by atoms with van der Waals surface area (Å²) in [4.78, 5) is 49.5. The van der Waals surface area contributed by atoms with Gasteiger partial charge in [0.25, 0.3) is 11.1 Å². The summed E-state index contributed by atoms with van der Waals surface area (Å²) in [5.41, 5.74) is 1.45. The Hall–Kier alpha value is -3.78. The number of esters is 1. The van der Waals surface area contributed by atoms with Crippen molar-refractivity contribution in [2.75, 3.05) is 14.2 Å². The number of rotatable bonds is 9. The third-order valence-electron chi connectivity index (χ3n) is 5.34. The first-order valence-corrected chi connectivity index (χ1v) is 12.8. The molecule has 1 aliphatic heterocycles. The molecule has 1 N–H and O–H groups in total. The number of imide groups is 1. The van der Waals surface area contributed by atoms with Crippen LogP contribution in [0.2, 0.25) is 0 Å². The van der Waals surface area contributed by atoms with Gasteiger partial charge in [0.15, 0.2) is 11.5 Å². The van der Waals surface area contributed by atoms with Crippen molar-refractivity contribution in [3.05, 3.63) is 85.2 Å². The van der Waals surface area contributed by atoms with Gasteiger partial charge >= 0.3 is 11.9 Å². The van der Waals surface area contributed by atoms with Crippen LogP contribution in [-0.4, -0.2) is 47.3 Å². The fourth-order valence-electron chi connectivity index (χ4n) is 3.53. The van der Waals surface area contributed by atoms with Gasteiger partial charge in [-0.3, -0.25) is 14.5 Å². The van der Waals surface area contributed by atoms with Gasteiger partial charge in [-0.25, -0.2) is 9.59 Å². The quantitative estimate of drug-likeness (QED) is 0.188. The Labute approximate surface area is 234 Å². The fourth-order valence-corrected chi connectivity index (χ4v) is 5.15. The van der Waals surface area contributed by atoms with Gasteiger partial charge in [0.2, 0.25) is 5.76 Å². The van der Waals surface area contributed by atoms with E-state index in [4.69, 9.17) is 13.9 Å². The number of aromatic carboxylic acids is 1. The number of methoxy groups -OCH3 is 2. The fraction of sp³-hybridized carbons (Fsp3) is 0.154. The zero-order valence-electron chi connectivity index (χ0n) is 20.1. The molecule has 0 unspecified atom stereocenters. The van der Waals surface area contributed by atoms with Crippen molar-refractivity contribution in [3.63, 3.8) is 0 Å². The zero-order chi connectivity index (χ0) is 27.4. The molecule has 0 atom stereocenters. The van der Waals surface area contributed by atoms with E-state index in [0.717, 1.165) is 16.7 Å². The Bertz CT molecular complexity index is 1460. The Kier molecular flexibility index (Phi) is 8.42. The van der Waals surface area contributed by atoms with Crippen LogP contribution in [0.4, 0.5) is 4.79 Å². The molecule has 38 heavy (non-hydrogen) atoms. The van der Waals surface area contributed by atoms with Crippen LogP contribution in [-0.2, 0) is 22.7 Å². The molecule has 1 fully saturated rings. The molecule has 1 saturated heterocycles. The minimum atomic E-state index is -1.03. The predicted molar refractivity (Wildman–Crippen MR) is 145 cm³/mol. The number of hydrogen-bond acceptors (Lipinski definition) is 9. The Morgan fingerprint density at radius 1 is 1.13 bits per heavy atom. The molecule has 0 saturated carbocycles. The van der Waals surface area contributed by atoms with Gasteiger partial charge in [-0.1, -0.05) is 12.1 Å². The first-order chi connectivity index (χ1) is 18.2. The number of halogens is 1. The lowest BCUT2D eigenvalue weighted by Gasteiger charge is -2.14. The lowest BCUT2D eigenvalue weighted by Crippen LogP contribution is -2.27. The maximum Gasteiger partial charge on any atom is 0.373 e. The monoisotopic (exact) mass is 649 g/mol. The van der Waals surface area contributed by atoms with Crippen LogP contribution < -0.4 is 9.47 Å². The van der Waals surface area contributed by atoms with Crippen molar-refractivity contribution < 1.29 is 42.9 Å². The second kappa shape index (κ2) is 11.7. The van der Waals surface area contributed by atoms with Crippen LogP contribution in [0.5, 0.6) is 11.5 Å². The molecule has 4 rings (SSSR count). The highest BCUT2D eigenvalue weighted by atomic mass is 127. The number of nitrogens with zero attached hydrogens (tertiary/aromatic N) is 1. The average Bonchev–Trinajstić information content (AvgIpc) is 3.47. The van der Waals surface area contributed by atoms with Gasteiger partial charge in [0.05, 0.1) is 34.8 Å². The normalized spacial score (nSPS) is 14.2. The lowest BCUT2D eigenvalue weighted by atomic mass is 10.1. The number of carbonyl (C=O) groups is 4. The summed E-state index contributed by atoms with van der Waals surface area (Å²) in [7, 11) is 2.70. The maximum absolute atomic E-state index is 12.9. The number of amides is 2. The third-order valence-corrected chi connectivity index (χ3v) is 7.05. The molecule has 3 aromatic rings. The lowest BCUT2D eigenvalue weighted by molar-refractivity contribution is -0.123. The molecule has 0 aliphatic carbocycles. The van der Waals surface area contributed by atoms with E-state index in [9.17, 15) is 24.3 Å². The second-order valence-corrected chi connectivity index (χ2v) is 10.0. The summed E-state index contributed by atoms with van der Waals surface area (Å²) in [5, 5.41) is 8.72. The topological polar surface area (TPSA) is 133 Å². The SMILES string of the molecule is COC(=O)c1ccc(CN2C(=O)S/C(=C/c3cc(I)c(OCc4cccc(C(=O)O)c4)c(OC)c3)C2=O)o1. The standard InChI is InChI=1S/C26H20INO9S/c1-34-20-10-15(9-18(27)22(20)36-13-14-4-3-5-16(8-14)24(30)31)11-21-23(29)28(26(33)38-21)12-17-6-7-19(37-17)25(32)35-2/h3-11H,12-13H2,1-2H3,(H,30,31)/b21-11+. The van der Waals surface area contributed by atoms with Crippen molar-refractivity contribution in [2.45, 2.75) is 13.2 Å². The minimum absolute atomic E-state index is 0.0245. The highest BCUT2D eigenvalue weighted by Gasteiger charge is 2.36. The largest absolute Gasteiger partial charge is 0.493 e. The first-order valence-electron chi connectivity index (χ1n) is 10.9. The van der Waals surface area contributed by atoms with E-state index in [0.29, 0.717) is 26.2 Å². The van der Waals surface area contributed by atoms with Crippen molar-refractivity contribution in [3.8, 4) is 11.5 Å². The highest BCUT2D eigenvalue weighted by molar-refractivity contribution is 14.1. The van der Waals surface area contributed by atoms with Crippen LogP contribution in [0, 0.1) is 3.57 Å². The Balaban J connectivity index is 1.50. The van der Waals surface area contributed by atoms with E-state index >= 15 is 0 Å². The van der Waals surface area contributed by atoms with Crippen LogP contribution >= 0.6 is 34.4 Å². The molecule has 0 bridgehead atoms. The number of benzene rings is 2. The molecule has 0 spiro atoms. The number of carboxylic acids is 1. The molecule has 2 aromatic carbocycles. The summed E-state index contributed by atoms with van der Waals surface area (Å²) in [6.45, 7) is -0.00803. The smallest absolute Gasteiger partial charge is 0.373 e.